The third-order valence-electron chi connectivity index (χ3n) is 4.86. The Hall–Kier alpha value is -2.48. The van der Waals surface area contributed by atoms with Gasteiger partial charge in [0.05, 0.1) is 24.4 Å². The predicted molar refractivity (Wildman–Crippen MR) is 100 cm³/mol. The van der Waals surface area contributed by atoms with Gasteiger partial charge in [-0.3, -0.25) is 19.7 Å². The highest BCUT2D eigenvalue weighted by atomic mass is 16.6. The fraction of sp³-hybridized carbons (Fsp3) is 0.579. The van der Waals surface area contributed by atoms with Gasteiger partial charge in [-0.1, -0.05) is 12.1 Å². The summed E-state index contributed by atoms with van der Waals surface area (Å²) in [5, 5.41) is 13.5. The number of hydrogen-bond donors (Lipinski definition) is 1. The van der Waals surface area contributed by atoms with Gasteiger partial charge in [-0.15, -0.1) is 0 Å². The van der Waals surface area contributed by atoms with Gasteiger partial charge in [-0.05, 0) is 50.9 Å². The van der Waals surface area contributed by atoms with Crippen molar-refractivity contribution in [2.75, 3.05) is 33.3 Å². The Kier molecular flexibility index (Phi) is 8.19. The minimum Gasteiger partial charge on any atom is -0.469 e. The van der Waals surface area contributed by atoms with Gasteiger partial charge >= 0.3 is 5.97 Å². The third kappa shape index (κ3) is 6.97. The number of carbonyl (C=O) groups excluding carboxylic acids is 2. The summed E-state index contributed by atoms with van der Waals surface area (Å²) in [7, 11) is 1.44. The molecule has 1 aromatic rings. The Balaban J connectivity index is 1.56. The van der Waals surface area contributed by atoms with Crippen molar-refractivity contribution >= 4 is 17.6 Å². The number of ether oxygens (including phenoxy) is 1. The van der Waals surface area contributed by atoms with E-state index in [1.807, 2.05) is 0 Å². The van der Waals surface area contributed by atoms with Crippen LogP contribution < -0.4 is 5.32 Å². The van der Waals surface area contributed by atoms with E-state index in [4.69, 9.17) is 4.74 Å². The van der Waals surface area contributed by atoms with Gasteiger partial charge in [0.1, 0.15) is 0 Å². The van der Waals surface area contributed by atoms with E-state index in [2.05, 4.69) is 10.2 Å². The van der Waals surface area contributed by atoms with E-state index in [0.29, 0.717) is 6.54 Å². The first-order valence-corrected chi connectivity index (χ1v) is 9.30. The molecule has 2 rings (SSSR count). The van der Waals surface area contributed by atoms with Crippen molar-refractivity contribution < 1.29 is 19.2 Å². The molecule has 0 aliphatic carbocycles. The van der Waals surface area contributed by atoms with E-state index >= 15 is 0 Å². The Bertz CT molecular complexity index is 639. The van der Waals surface area contributed by atoms with Gasteiger partial charge in [0.15, 0.2) is 0 Å². The third-order valence-corrected chi connectivity index (χ3v) is 4.86. The van der Waals surface area contributed by atoms with Crippen molar-refractivity contribution in [3.8, 4) is 0 Å². The van der Waals surface area contributed by atoms with E-state index < -0.39 is 4.92 Å². The summed E-state index contributed by atoms with van der Waals surface area (Å²) < 4.78 is 4.79. The number of nitro groups is 1. The van der Waals surface area contributed by atoms with Crippen LogP contribution >= 0.6 is 0 Å². The largest absolute Gasteiger partial charge is 0.469 e. The topological polar surface area (TPSA) is 102 Å². The zero-order valence-corrected chi connectivity index (χ0v) is 15.7. The molecule has 8 nitrogen and oxygen atoms in total. The lowest BCUT2D eigenvalue weighted by atomic mass is 9.97. The zero-order chi connectivity index (χ0) is 19.6. The van der Waals surface area contributed by atoms with Crippen LogP contribution in [0.4, 0.5) is 5.69 Å². The molecule has 0 unspecified atom stereocenters. The first-order chi connectivity index (χ1) is 13.0. The molecular weight excluding hydrogens is 350 g/mol. The second kappa shape index (κ2) is 10.6. The van der Waals surface area contributed by atoms with Gasteiger partial charge in [0.25, 0.3) is 5.69 Å². The van der Waals surface area contributed by atoms with E-state index in [1.54, 1.807) is 12.1 Å². The highest BCUT2D eigenvalue weighted by Crippen LogP contribution is 2.18. The number of hydrogen-bond acceptors (Lipinski definition) is 6. The van der Waals surface area contributed by atoms with Gasteiger partial charge < -0.3 is 15.0 Å². The standard InChI is InChI=1S/C19H27N3O5/c1-27-19(24)16-8-12-21(13-9-16)11-3-2-10-20-18(23)14-15-4-6-17(7-5-15)22(25)26/h4-7,16H,2-3,8-14H2,1H3,(H,20,23). The number of nitrogens with zero attached hydrogens (tertiary/aromatic N) is 2. The molecule has 8 heteroatoms. The van der Waals surface area contributed by atoms with Crippen LogP contribution in [-0.2, 0) is 20.7 Å². The summed E-state index contributed by atoms with van der Waals surface area (Å²) >= 11 is 0. The second-order valence-electron chi connectivity index (χ2n) is 6.80. The minimum absolute atomic E-state index is 0.0229. The number of amides is 1. The first-order valence-electron chi connectivity index (χ1n) is 9.30. The number of methoxy groups -OCH3 is 1. The highest BCUT2D eigenvalue weighted by molar-refractivity contribution is 5.78. The molecule has 0 bridgehead atoms. The maximum Gasteiger partial charge on any atom is 0.308 e. The van der Waals surface area contributed by atoms with E-state index in [0.717, 1.165) is 50.9 Å². The van der Waals surface area contributed by atoms with Gasteiger partial charge in [-0.2, -0.15) is 0 Å². The molecule has 1 fully saturated rings. The Morgan fingerprint density at radius 3 is 2.48 bits per heavy atom. The quantitative estimate of drug-likeness (QED) is 0.305. The van der Waals surface area contributed by atoms with Gasteiger partial charge in [0.2, 0.25) is 5.91 Å². The number of nitrogens with one attached hydrogen (secondary N) is 1. The first kappa shape index (κ1) is 20.8. The van der Waals surface area contributed by atoms with Crippen molar-refractivity contribution in [3.63, 3.8) is 0 Å². The maximum atomic E-state index is 11.9. The average Bonchev–Trinajstić information content (AvgIpc) is 2.68. The second-order valence-corrected chi connectivity index (χ2v) is 6.80. The van der Waals surface area contributed by atoms with Crippen LogP contribution in [0.2, 0.25) is 0 Å². The highest BCUT2D eigenvalue weighted by Gasteiger charge is 2.25. The van der Waals surface area contributed by atoms with E-state index in [1.165, 1.54) is 19.2 Å². The average molecular weight is 377 g/mol. The van der Waals surface area contributed by atoms with Crippen molar-refractivity contribution in [2.45, 2.75) is 32.1 Å². The fourth-order valence-corrected chi connectivity index (χ4v) is 3.23. The lowest BCUT2D eigenvalue weighted by Crippen LogP contribution is -2.37. The van der Waals surface area contributed by atoms with Crippen LogP contribution in [-0.4, -0.2) is 55.0 Å². The molecule has 1 N–H and O–H groups in total. The summed E-state index contributed by atoms with van der Waals surface area (Å²) in [6.45, 7) is 3.40. The molecule has 0 saturated carbocycles. The molecule has 0 aromatic heterocycles. The summed E-state index contributed by atoms with van der Waals surface area (Å²) in [4.78, 5) is 35.9. The van der Waals surface area contributed by atoms with Gasteiger partial charge in [0, 0.05) is 18.7 Å². The normalized spacial score (nSPS) is 15.3. The van der Waals surface area contributed by atoms with Crippen molar-refractivity contribution in [1.29, 1.82) is 0 Å². The van der Waals surface area contributed by atoms with Crippen molar-refractivity contribution in [2.24, 2.45) is 5.92 Å². The number of benzene rings is 1. The molecule has 148 valence electrons. The number of unbranched alkanes of at least 4 members (excludes halogenated alkanes) is 1. The molecule has 0 atom stereocenters. The van der Waals surface area contributed by atoms with Crippen molar-refractivity contribution in [3.05, 3.63) is 39.9 Å². The maximum absolute atomic E-state index is 11.9. The number of rotatable bonds is 9. The monoisotopic (exact) mass is 377 g/mol. The summed E-state index contributed by atoms with van der Waals surface area (Å²) in [6, 6.07) is 6.03. The molecule has 1 aromatic carbocycles. The number of non-ortho nitro benzene ring substituents is 1. The molecular formula is C19H27N3O5. The number of esters is 1. The lowest BCUT2D eigenvalue weighted by Gasteiger charge is -2.30. The molecule has 1 saturated heterocycles. The van der Waals surface area contributed by atoms with Crippen LogP contribution in [0.1, 0.15) is 31.2 Å². The van der Waals surface area contributed by atoms with Crippen LogP contribution in [0, 0.1) is 16.0 Å². The summed E-state index contributed by atoms with van der Waals surface area (Å²) in [5.41, 5.74) is 0.779. The van der Waals surface area contributed by atoms with Crippen LogP contribution in [0.5, 0.6) is 0 Å². The summed E-state index contributed by atoms with van der Waals surface area (Å²) in [6.07, 6.45) is 3.79. The summed E-state index contributed by atoms with van der Waals surface area (Å²) in [5.74, 6) is -0.155. The molecule has 0 spiro atoms. The predicted octanol–water partition coefficient (Wildman–Crippen LogP) is 1.92. The lowest BCUT2D eigenvalue weighted by molar-refractivity contribution is -0.384. The van der Waals surface area contributed by atoms with Crippen molar-refractivity contribution in [1.82, 2.24) is 10.2 Å². The SMILES string of the molecule is COC(=O)C1CCN(CCCCNC(=O)Cc2ccc([N+](=O)[O-])cc2)CC1. The fourth-order valence-electron chi connectivity index (χ4n) is 3.23. The van der Waals surface area contributed by atoms with Gasteiger partial charge in [-0.25, -0.2) is 0 Å². The Labute approximate surface area is 159 Å². The molecule has 1 aliphatic heterocycles. The number of piperidine rings is 1. The molecule has 27 heavy (non-hydrogen) atoms. The van der Waals surface area contributed by atoms with Crippen LogP contribution in [0.3, 0.4) is 0 Å². The number of carbonyl (C=O) groups is 2. The zero-order valence-electron chi connectivity index (χ0n) is 15.7. The molecule has 0 radical (unpaired) electrons. The van der Waals surface area contributed by atoms with Crippen LogP contribution in [0.25, 0.3) is 0 Å². The Morgan fingerprint density at radius 2 is 1.89 bits per heavy atom. The molecule has 1 amide bonds. The van der Waals surface area contributed by atoms with E-state index in [-0.39, 0.29) is 29.9 Å². The smallest absolute Gasteiger partial charge is 0.308 e. The molecule has 1 heterocycles. The Morgan fingerprint density at radius 1 is 1.22 bits per heavy atom. The van der Waals surface area contributed by atoms with E-state index in [9.17, 15) is 19.7 Å². The number of nitro benzene ring substituents is 1. The van der Waals surface area contributed by atoms with Crippen LogP contribution in [0.15, 0.2) is 24.3 Å². The number of likely N-dealkylation sites (tertiary alicyclic amines) is 1. The minimum atomic E-state index is -0.457. The molecule has 1 aliphatic rings.